The molecule has 1 N–H and O–H groups in total. The van der Waals surface area contributed by atoms with Gasteiger partial charge in [0.15, 0.2) is 0 Å². The van der Waals surface area contributed by atoms with Gasteiger partial charge in [-0.15, -0.1) is 0 Å². The van der Waals surface area contributed by atoms with Gasteiger partial charge in [-0.25, -0.2) is 0 Å². The summed E-state index contributed by atoms with van der Waals surface area (Å²) in [6.45, 7) is 8.62. The molecule has 2 fully saturated rings. The van der Waals surface area contributed by atoms with Gasteiger partial charge in [-0.1, -0.05) is 0 Å². The van der Waals surface area contributed by atoms with Crippen molar-refractivity contribution in [3.8, 4) is 0 Å². The minimum Gasteiger partial charge on any atom is -0.339 e. The molecule has 1 amide bonds. The molecule has 0 radical (unpaired) electrons. The highest BCUT2D eigenvalue weighted by atomic mass is 16.2. The number of nitrogens with zero attached hydrogens (tertiary/aromatic N) is 2. The van der Waals surface area contributed by atoms with E-state index in [1.165, 1.54) is 0 Å². The van der Waals surface area contributed by atoms with Crippen molar-refractivity contribution in [2.45, 2.75) is 38.8 Å². The van der Waals surface area contributed by atoms with Gasteiger partial charge >= 0.3 is 0 Å². The van der Waals surface area contributed by atoms with Gasteiger partial charge in [0.05, 0.1) is 6.04 Å². The first-order chi connectivity index (χ1) is 9.11. The van der Waals surface area contributed by atoms with Crippen molar-refractivity contribution < 1.29 is 9.59 Å². The highest BCUT2D eigenvalue weighted by molar-refractivity contribution is 5.82. The average Bonchev–Trinajstić information content (AvgIpc) is 2.46. The second-order valence-corrected chi connectivity index (χ2v) is 5.89. The van der Waals surface area contributed by atoms with E-state index < -0.39 is 0 Å². The lowest BCUT2D eigenvalue weighted by molar-refractivity contribution is -0.136. The molecule has 108 valence electrons. The third-order valence-electron chi connectivity index (χ3n) is 4.30. The van der Waals surface area contributed by atoms with Crippen LogP contribution in [0.3, 0.4) is 0 Å². The molecule has 2 saturated heterocycles. The fraction of sp³-hybridized carbons (Fsp3) is 0.857. The Bertz CT molecular complexity index is 317. The van der Waals surface area contributed by atoms with E-state index in [9.17, 15) is 9.59 Å². The number of hydrogen-bond acceptors (Lipinski definition) is 4. The van der Waals surface area contributed by atoms with Crippen molar-refractivity contribution >= 4 is 12.2 Å². The van der Waals surface area contributed by atoms with E-state index in [0.717, 1.165) is 45.3 Å². The van der Waals surface area contributed by atoms with Gasteiger partial charge in [-0.3, -0.25) is 9.69 Å². The van der Waals surface area contributed by atoms with Gasteiger partial charge in [0.1, 0.15) is 6.29 Å². The van der Waals surface area contributed by atoms with Gasteiger partial charge in [0.25, 0.3) is 0 Å². The molecule has 2 unspecified atom stereocenters. The van der Waals surface area contributed by atoms with Crippen LogP contribution in [0.25, 0.3) is 0 Å². The number of nitrogens with one attached hydrogen (secondary N) is 1. The van der Waals surface area contributed by atoms with Crippen LogP contribution in [0.5, 0.6) is 0 Å². The highest BCUT2D eigenvalue weighted by Gasteiger charge is 2.30. The number of amides is 1. The summed E-state index contributed by atoms with van der Waals surface area (Å²) in [6.07, 6.45) is 2.61. The summed E-state index contributed by atoms with van der Waals surface area (Å²) >= 11 is 0. The van der Waals surface area contributed by atoms with Crippen LogP contribution in [-0.4, -0.2) is 66.8 Å². The molecule has 0 aliphatic carbocycles. The Kier molecular flexibility index (Phi) is 4.93. The maximum absolute atomic E-state index is 12.4. The highest BCUT2D eigenvalue weighted by Crippen LogP contribution is 2.15. The Labute approximate surface area is 115 Å². The van der Waals surface area contributed by atoms with Crippen molar-refractivity contribution in [1.29, 1.82) is 0 Å². The first kappa shape index (κ1) is 14.5. The van der Waals surface area contributed by atoms with Crippen LogP contribution >= 0.6 is 0 Å². The number of piperazine rings is 1. The first-order valence-corrected chi connectivity index (χ1v) is 7.33. The Morgan fingerprint density at radius 2 is 1.89 bits per heavy atom. The summed E-state index contributed by atoms with van der Waals surface area (Å²) in [6, 6.07) is 0.472. The van der Waals surface area contributed by atoms with Gasteiger partial charge < -0.3 is 15.0 Å². The number of rotatable bonds is 3. The molecule has 0 spiro atoms. The molecule has 5 nitrogen and oxygen atoms in total. The Hall–Kier alpha value is -0.940. The quantitative estimate of drug-likeness (QED) is 0.737. The van der Waals surface area contributed by atoms with Crippen LogP contribution < -0.4 is 5.32 Å². The average molecular weight is 267 g/mol. The Balaban J connectivity index is 1.80. The van der Waals surface area contributed by atoms with Gasteiger partial charge in [0, 0.05) is 44.7 Å². The topological polar surface area (TPSA) is 52.7 Å². The van der Waals surface area contributed by atoms with Crippen molar-refractivity contribution in [3.05, 3.63) is 0 Å². The van der Waals surface area contributed by atoms with Crippen LogP contribution in [-0.2, 0) is 9.59 Å². The normalized spacial score (nSPS) is 29.5. The monoisotopic (exact) mass is 267 g/mol. The zero-order chi connectivity index (χ0) is 13.8. The first-order valence-electron chi connectivity index (χ1n) is 7.33. The molecule has 0 aromatic heterocycles. The molecule has 2 aliphatic heterocycles. The predicted molar refractivity (Wildman–Crippen MR) is 73.9 cm³/mol. The zero-order valence-electron chi connectivity index (χ0n) is 12.0. The molecule has 19 heavy (non-hydrogen) atoms. The molecule has 0 aromatic rings. The summed E-state index contributed by atoms with van der Waals surface area (Å²) < 4.78 is 0. The predicted octanol–water partition coefficient (Wildman–Crippen LogP) is 0.106. The molecule has 0 bridgehead atoms. The molecule has 2 aliphatic rings. The van der Waals surface area contributed by atoms with Crippen molar-refractivity contribution in [3.63, 3.8) is 0 Å². The third-order valence-corrected chi connectivity index (χ3v) is 4.30. The van der Waals surface area contributed by atoms with Gasteiger partial charge in [-0.05, 0) is 26.7 Å². The number of hydrogen-bond donors (Lipinski definition) is 1. The molecule has 2 heterocycles. The fourth-order valence-electron chi connectivity index (χ4n) is 2.88. The number of carbonyl (C=O) groups is 2. The molecular weight excluding hydrogens is 242 g/mol. The smallest absolute Gasteiger partial charge is 0.239 e. The second-order valence-electron chi connectivity index (χ2n) is 5.89. The summed E-state index contributed by atoms with van der Waals surface area (Å²) in [5, 5.41) is 3.22. The molecule has 2 atom stereocenters. The van der Waals surface area contributed by atoms with Crippen molar-refractivity contribution in [2.24, 2.45) is 5.92 Å². The standard InChI is InChI=1S/C14H25N3O2/c1-11(2)16-5-7-17(8-6-16)14(19)13-4-3-12(10-18)9-15-13/h10-13,15H,3-9H2,1-2H3. The number of carbonyl (C=O) groups excluding carboxylic acids is 2. The van der Waals surface area contributed by atoms with Crippen molar-refractivity contribution in [2.75, 3.05) is 32.7 Å². The van der Waals surface area contributed by atoms with Crippen molar-refractivity contribution in [1.82, 2.24) is 15.1 Å². The van der Waals surface area contributed by atoms with E-state index in [0.29, 0.717) is 12.6 Å². The largest absolute Gasteiger partial charge is 0.339 e. The molecular formula is C14H25N3O2. The van der Waals surface area contributed by atoms with Crippen LogP contribution in [0.4, 0.5) is 0 Å². The molecule has 0 saturated carbocycles. The van der Waals surface area contributed by atoms with Crippen LogP contribution in [0, 0.1) is 5.92 Å². The van der Waals surface area contributed by atoms with E-state index in [4.69, 9.17) is 0 Å². The summed E-state index contributed by atoms with van der Waals surface area (Å²) in [5.41, 5.74) is 0. The Morgan fingerprint density at radius 3 is 2.37 bits per heavy atom. The minimum atomic E-state index is -0.0817. The SMILES string of the molecule is CC(C)N1CCN(C(=O)C2CCC(C=O)CN2)CC1. The number of aldehydes is 1. The molecule has 5 heteroatoms. The van der Waals surface area contributed by atoms with Crippen LogP contribution in [0.2, 0.25) is 0 Å². The molecule has 0 aromatic carbocycles. The van der Waals surface area contributed by atoms with E-state index in [1.54, 1.807) is 0 Å². The van der Waals surface area contributed by atoms with Crippen LogP contribution in [0.15, 0.2) is 0 Å². The van der Waals surface area contributed by atoms with E-state index >= 15 is 0 Å². The molecule has 2 rings (SSSR count). The lowest BCUT2D eigenvalue weighted by Gasteiger charge is -2.39. The number of piperidine rings is 1. The second kappa shape index (κ2) is 6.48. The minimum absolute atomic E-state index is 0.0817. The van der Waals surface area contributed by atoms with Crippen LogP contribution in [0.1, 0.15) is 26.7 Å². The fourth-order valence-corrected chi connectivity index (χ4v) is 2.88. The Morgan fingerprint density at radius 1 is 1.21 bits per heavy atom. The third kappa shape index (κ3) is 3.54. The maximum atomic E-state index is 12.4. The van der Waals surface area contributed by atoms with E-state index in [2.05, 4.69) is 24.1 Å². The lowest BCUT2D eigenvalue weighted by atomic mass is 9.95. The van der Waals surface area contributed by atoms with Gasteiger partial charge in [-0.2, -0.15) is 0 Å². The lowest BCUT2D eigenvalue weighted by Crippen LogP contribution is -2.56. The summed E-state index contributed by atoms with van der Waals surface area (Å²) in [5.74, 6) is 0.301. The maximum Gasteiger partial charge on any atom is 0.239 e. The summed E-state index contributed by atoms with van der Waals surface area (Å²) in [4.78, 5) is 27.5. The van der Waals surface area contributed by atoms with Gasteiger partial charge in [0.2, 0.25) is 5.91 Å². The van der Waals surface area contributed by atoms with E-state index in [1.807, 2.05) is 4.90 Å². The zero-order valence-corrected chi connectivity index (χ0v) is 12.0. The summed E-state index contributed by atoms with van der Waals surface area (Å²) in [7, 11) is 0. The van der Waals surface area contributed by atoms with E-state index in [-0.39, 0.29) is 17.9 Å².